The van der Waals surface area contributed by atoms with Crippen molar-refractivity contribution in [2.45, 2.75) is 13.0 Å². The maximum absolute atomic E-state index is 11.2. The Bertz CT molecular complexity index is 598. The van der Waals surface area contributed by atoms with Gasteiger partial charge in [-0.15, -0.1) is 5.10 Å². The number of benzene rings is 1. The van der Waals surface area contributed by atoms with Crippen LogP contribution in [0.1, 0.15) is 16.9 Å². The zero-order chi connectivity index (χ0) is 13.8. The molecule has 2 N–H and O–H groups in total. The predicted molar refractivity (Wildman–Crippen MR) is 69.1 cm³/mol. The number of aromatic nitrogens is 3. The van der Waals surface area contributed by atoms with Crippen LogP contribution < -0.4 is 0 Å². The Labute approximate surface area is 114 Å². The van der Waals surface area contributed by atoms with Gasteiger partial charge in [-0.2, -0.15) is 0 Å². The Balaban J connectivity index is 2.55. The zero-order valence-electron chi connectivity index (χ0n) is 9.95. The molecule has 0 saturated heterocycles. The fourth-order valence-electron chi connectivity index (χ4n) is 1.75. The number of carbonyl (C=O) groups is 1. The van der Waals surface area contributed by atoms with Crippen LogP contribution in [0.2, 0.25) is 5.02 Å². The lowest BCUT2D eigenvalue weighted by Gasteiger charge is -2.08. The number of hydrogen-bond acceptors (Lipinski definition) is 4. The molecule has 0 aliphatic rings. The molecule has 7 heteroatoms. The molecule has 2 rings (SSSR count). The molecule has 1 aromatic heterocycles. The van der Waals surface area contributed by atoms with Gasteiger partial charge in [0.05, 0.1) is 5.02 Å². The lowest BCUT2D eigenvalue weighted by atomic mass is 10.1. The van der Waals surface area contributed by atoms with Crippen molar-refractivity contribution in [3.05, 3.63) is 35.0 Å². The minimum atomic E-state index is -1.16. The molecule has 0 unspecified atom stereocenters. The standard InChI is InChI=1S/C12H12ClN3O3/c13-9-5-2-1-4-8(9)11-10(12(18)19)14-15-16(11)6-3-7-17/h1-2,4-5,17H,3,6-7H2,(H,18,19). The quantitative estimate of drug-likeness (QED) is 0.870. The SMILES string of the molecule is O=C(O)c1nnn(CCCO)c1-c1ccccc1Cl. The fourth-order valence-corrected chi connectivity index (χ4v) is 1.98. The van der Waals surface area contributed by atoms with Crippen molar-refractivity contribution in [3.63, 3.8) is 0 Å². The van der Waals surface area contributed by atoms with Gasteiger partial charge in [0.15, 0.2) is 5.69 Å². The van der Waals surface area contributed by atoms with Crippen molar-refractivity contribution in [3.8, 4) is 11.3 Å². The van der Waals surface area contributed by atoms with Gasteiger partial charge < -0.3 is 10.2 Å². The highest BCUT2D eigenvalue weighted by atomic mass is 35.5. The molecule has 0 bridgehead atoms. The number of aliphatic hydroxyl groups is 1. The fraction of sp³-hybridized carbons (Fsp3) is 0.250. The normalized spacial score (nSPS) is 10.6. The van der Waals surface area contributed by atoms with Crippen LogP contribution in [0.15, 0.2) is 24.3 Å². The van der Waals surface area contributed by atoms with Gasteiger partial charge in [0.1, 0.15) is 5.69 Å². The maximum atomic E-state index is 11.2. The molecular formula is C12H12ClN3O3. The minimum Gasteiger partial charge on any atom is -0.476 e. The summed E-state index contributed by atoms with van der Waals surface area (Å²) < 4.78 is 1.45. The molecule has 0 aliphatic heterocycles. The van der Waals surface area contributed by atoms with Crippen LogP contribution in [-0.4, -0.2) is 37.8 Å². The average molecular weight is 282 g/mol. The number of nitrogens with zero attached hydrogens (tertiary/aromatic N) is 3. The van der Waals surface area contributed by atoms with E-state index in [1.807, 2.05) is 0 Å². The summed E-state index contributed by atoms with van der Waals surface area (Å²) in [5, 5.41) is 25.9. The third kappa shape index (κ3) is 2.74. The molecule has 2 aromatic rings. The van der Waals surface area contributed by atoms with Gasteiger partial charge in [0.25, 0.3) is 0 Å². The largest absolute Gasteiger partial charge is 0.476 e. The van der Waals surface area contributed by atoms with E-state index in [2.05, 4.69) is 10.3 Å². The Morgan fingerprint density at radius 2 is 2.11 bits per heavy atom. The first-order valence-corrected chi connectivity index (χ1v) is 6.05. The second kappa shape index (κ2) is 5.81. The first-order valence-electron chi connectivity index (χ1n) is 5.67. The molecule has 0 spiro atoms. The second-order valence-corrected chi connectivity index (χ2v) is 4.28. The number of aliphatic hydroxyl groups excluding tert-OH is 1. The van der Waals surface area contributed by atoms with Crippen molar-refractivity contribution >= 4 is 17.6 Å². The summed E-state index contributed by atoms with van der Waals surface area (Å²) in [7, 11) is 0. The summed E-state index contributed by atoms with van der Waals surface area (Å²) in [6.07, 6.45) is 0.458. The van der Waals surface area contributed by atoms with Gasteiger partial charge in [0.2, 0.25) is 0 Å². The lowest BCUT2D eigenvalue weighted by molar-refractivity contribution is 0.0691. The van der Waals surface area contributed by atoms with Crippen LogP contribution in [0, 0.1) is 0 Å². The van der Waals surface area contributed by atoms with Crippen molar-refractivity contribution in [2.24, 2.45) is 0 Å². The highest BCUT2D eigenvalue weighted by Gasteiger charge is 2.21. The maximum Gasteiger partial charge on any atom is 0.358 e. The molecule has 0 radical (unpaired) electrons. The van der Waals surface area contributed by atoms with E-state index >= 15 is 0 Å². The highest BCUT2D eigenvalue weighted by molar-refractivity contribution is 6.33. The number of rotatable bonds is 5. The van der Waals surface area contributed by atoms with Gasteiger partial charge in [0, 0.05) is 18.7 Å². The molecule has 1 aromatic carbocycles. The topological polar surface area (TPSA) is 88.2 Å². The molecule has 0 atom stereocenters. The van der Waals surface area contributed by atoms with E-state index in [4.69, 9.17) is 21.8 Å². The monoisotopic (exact) mass is 281 g/mol. The van der Waals surface area contributed by atoms with E-state index in [0.717, 1.165) is 0 Å². The van der Waals surface area contributed by atoms with Gasteiger partial charge in [-0.1, -0.05) is 35.0 Å². The Morgan fingerprint density at radius 3 is 2.74 bits per heavy atom. The number of carboxylic acids is 1. The summed E-state index contributed by atoms with van der Waals surface area (Å²) in [6, 6.07) is 6.90. The number of aryl methyl sites for hydroxylation is 1. The summed E-state index contributed by atoms with van der Waals surface area (Å²) in [6.45, 7) is 0.363. The van der Waals surface area contributed by atoms with Gasteiger partial charge in [-0.25, -0.2) is 9.48 Å². The molecule has 0 saturated carbocycles. The van der Waals surface area contributed by atoms with Crippen molar-refractivity contribution < 1.29 is 15.0 Å². The second-order valence-electron chi connectivity index (χ2n) is 3.87. The van der Waals surface area contributed by atoms with Crippen LogP contribution in [0.4, 0.5) is 0 Å². The third-order valence-electron chi connectivity index (χ3n) is 2.59. The summed E-state index contributed by atoms with van der Waals surface area (Å²) in [5.74, 6) is -1.16. The number of hydrogen-bond donors (Lipinski definition) is 2. The first kappa shape index (κ1) is 13.5. The van der Waals surface area contributed by atoms with Crippen molar-refractivity contribution in [2.75, 3.05) is 6.61 Å². The molecule has 1 heterocycles. The smallest absolute Gasteiger partial charge is 0.358 e. The van der Waals surface area contributed by atoms with Crippen LogP contribution in [0.3, 0.4) is 0 Å². The predicted octanol–water partition coefficient (Wildman–Crippen LogP) is 1.68. The van der Waals surface area contributed by atoms with Crippen molar-refractivity contribution in [1.29, 1.82) is 0 Å². The van der Waals surface area contributed by atoms with Crippen LogP contribution in [0.5, 0.6) is 0 Å². The Hall–Kier alpha value is -1.92. The minimum absolute atomic E-state index is 0.00970. The van der Waals surface area contributed by atoms with E-state index in [9.17, 15) is 4.79 Å². The van der Waals surface area contributed by atoms with Gasteiger partial charge in [-0.05, 0) is 12.5 Å². The molecule has 19 heavy (non-hydrogen) atoms. The van der Waals surface area contributed by atoms with E-state index in [0.29, 0.717) is 29.2 Å². The molecule has 0 amide bonds. The molecule has 0 fully saturated rings. The first-order chi connectivity index (χ1) is 9.15. The average Bonchev–Trinajstić information content (AvgIpc) is 2.80. The number of aromatic carboxylic acids is 1. The Kier molecular flexibility index (Phi) is 4.13. The van der Waals surface area contributed by atoms with Crippen molar-refractivity contribution in [1.82, 2.24) is 15.0 Å². The third-order valence-corrected chi connectivity index (χ3v) is 2.92. The van der Waals surface area contributed by atoms with Gasteiger partial charge in [-0.3, -0.25) is 0 Å². The zero-order valence-corrected chi connectivity index (χ0v) is 10.7. The Morgan fingerprint density at radius 1 is 1.37 bits per heavy atom. The summed E-state index contributed by atoms with van der Waals surface area (Å²) >= 11 is 6.09. The van der Waals surface area contributed by atoms with E-state index in [1.165, 1.54) is 4.68 Å². The van der Waals surface area contributed by atoms with E-state index < -0.39 is 5.97 Å². The summed E-state index contributed by atoms with van der Waals surface area (Å²) in [4.78, 5) is 11.2. The van der Waals surface area contributed by atoms with Crippen LogP contribution in [0.25, 0.3) is 11.3 Å². The van der Waals surface area contributed by atoms with Crippen LogP contribution >= 0.6 is 11.6 Å². The number of carboxylic acid groups (broad SMARTS) is 1. The van der Waals surface area contributed by atoms with Gasteiger partial charge >= 0.3 is 5.97 Å². The molecular weight excluding hydrogens is 270 g/mol. The highest BCUT2D eigenvalue weighted by Crippen LogP contribution is 2.29. The molecule has 6 nitrogen and oxygen atoms in total. The lowest BCUT2D eigenvalue weighted by Crippen LogP contribution is -2.06. The molecule has 100 valence electrons. The van der Waals surface area contributed by atoms with Crippen LogP contribution in [-0.2, 0) is 6.54 Å². The number of halogens is 1. The van der Waals surface area contributed by atoms with E-state index in [1.54, 1.807) is 24.3 Å². The van der Waals surface area contributed by atoms with E-state index in [-0.39, 0.29) is 12.3 Å². The molecule has 0 aliphatic carbocycles. The summed E-state index contributed by atoms with van der Waals surface area (Å²) in [5.41, 5.74) is 0.766.